The molecule has 10 heteroatoms. The fourth-order valence-electron chi connectivity index (χ4n) is 2.69. The Balaban J connectivity index is 2.98. The first kappa shape index (κ1) is 25.7. The summed E-state index contributed by atoms with van der Waals surface area (Å²) in [5.74, 6) is 0.175. The van der Waals surface area contributed by atoms with Crippen molar-refractivity contribution in [2.45, 2.75) is 51.5 Å². The molecule has 1 aromatic rings. The van der Waals surface area contributed by atoms with E-state index in [0.717, 1.165) is 17.3 Å². The zero-order chi connectivity index (χ0) is 21.6. The summed E-state index contributed by atoms with van der Waals surface area (Å²) in [6.45, 7) is 5.81. The second kappa shape index (κ2) is 10.6. The van der Waals surface area contributed by atoms with Crippen molar-refractivity contribution in [3.8, 4) is 0 Å². The Morgan fingerprint density at radius 2 is 1.64 bits per heavy atom. The Morgan fingerprint density at radius 1 is 1.11 bits per heavy atom. The molecular weight excluding hydrogens is 470 g/mol. The molecule has 0 spiro atoms. The zero-order valence-electron chi connectivity index (χ0n) is 16.3. The third-order valence-electron chi connectivity index (χ3n) is 4.41. The van der Waals surface area contributed by atoms with Gasteiger partial charge in [-0.05, 0) is 56.7 Å². The van der Waals surface area contributed by atoms with Crippen molar-refractivity contribution in [2.24, 2.45) is 5.92 Å². The van der Waals surface area contributed by atoms with Crippen LogP contribution in [0.15, 0.2) is 40.4 Å². The van der Waals surface area contributed by atoms with Crippen LogP contribution in [-0.2, 0) is 20.3 Å². The van der Waals surface area contributed by atoms with Crippen molar-refractivity contribution in [3.63, 3.8) is 0 Å². The Morgan fingerprint density at radius 3 is 2.11 bits per heavy atom. The Labute approximate surface area is 174 Å². The summed E-state index contributed by atoms with van der Waals surface area (Å²) in [4.78, 5) is 39.3. The minimum Gasteiger partial charge on any atom is -0.352 e. The Bertz CT molecular complexity index is 726. The standard InChI is InChI=1S/C18H29BrO7P2/c1-14(2)5-4-6-15(3)11-12-26-18(27(20,21)22,28(23,24)25)13-16-7-9-17(19)10-8-16/h5,7-10,15H,4,6,11-13H2,1-3H3,(H2,20,21,22)(H2,23,24,25)/t15-/m0/s1. The predicted octanol–water partition coefficient (Wildman–Crippen LogP) is 4.79. The molecule has 0 heterocycles. The van der Waals surface area contributed by atoms with Crippen LogP contribution in [-0.4, -0.2) is 31.3 Å². The lowest BCUT2D eigenvalue weighted by atomic mass is 10.0. The van der Waals surface area contributed by atoms with Crippen LogP contribution in [0.5, 0.6) is 0 Å². The molecule has 0 aromatic heterocycles. The molecule has 0 bridgehead atoms. The molecule has 0 aliphatic rings. The van der Waals surface area contributed by atoms with Crippen LogP contribution in [0.1, 0.15) is 45.6 Å². The highest BCUT2D eigenvalue weighted by molar-refractivity contribution is 9.10. The Hall–Kier alpha value is -0.300. The second-order valence-electron chi connectivity index (χ2n) is 7.24. The number of allylic oxidation sites excluding steroid dienone is 2. The fraction of sp³-hybridized carbons (Fsp3) is 0.556. The molecule has 0 aliphatic heterocycles. The van der Waals surface area contributed by atoms with Crippen LogP contribution in [0, 0.1) is 5.92 Å². The van der Waals surface area contributed by atoms with Gasteiger partial charge in [0.05, 0.1) is 0 Å². The van der Waals surface area contributed by atoms with Crippen LogP contribution in [0.25, 0.3) is 0 Å². The van der Waals surface area contributed by atoms with Crippen molar-refractivity contribution in [1.29, 1.82) is 0 Å². The van der Waals surface area contributed by atoms with E-state index in [-0.39, 0.29) is 12.5 Å². The average Bonchev–Trinajstić information content (AvgIpc) is 2.53. The van der Waals surface area contributed by atoms with Crippen LogP contribution >= 0.6 is 31.1 Å². The van der Waals surface area contributed by atoms with Crippen LogP contribution in [0.2, 0.25) is 0 Å². The smallest absolute Gasteiger partial charge is 0.352 e. The molecule has 160 valence electrons. The SMILES string of the molecule is CC(C)=CCC[C@H](C)CCOC(Cc1ccc(Br)cc1)(P(=O)(O)O)P(=O)(O)O. The minimum absolute atomic E-state index is 0.164. The fourth-order valence-corrected chi connectivity index (χ4v) is 5.61. The summed E-state index contributed by atoms with van der Waals surface area (Å²) in [5.41, 5.74) is 1.56. The van der Waals surface area contributed by atoms with Gasteiger partial charge < -0.3 is 24.3 Å². The van der Waals surface area contributed by atoms with E-state index in [1.54, 1.807) is 12.1 Å². The van der Waals surface area contributed by atoms with Crippen LogP contribution < -0.4 is 0 Å². The molecule has 4 N–H and O–H groups in total. The normalized spacial score (nSPS) is 14.0. The van der Waals surface area contributed by atoms with Gasteiger partial charge in [-0.2, -0.15) is 0 Å². The first-order valence-corrected chi connectivity index (χ1v) is 12.9. The number of halogens is 1. The number of benzene rings is 1. The lowest BCUT2D eigenvalue weighted by Crippen LogP contribution is -2.36. The molecule has 1 atom stereocenters. The molecule has 0 amide bonds. The number of ether oxygens (including phenoxy) is 1. The van der Waals surface area contributed by atoms with E-state index in [9.17, 15) is 28.7 Å². The summed E-state index contributed by atoms with van der Waals surface area (Å²) in [6.07, 6.45) is 3.64. The lowest BCUT2D eigenvalue weighted by Gasteiger charge is -2.34. The maximum atomic E-state index is 12.2. The van der Waals surface area contributed by atoms with Gasteiger partial charge in [0.2, 0.25) is 0 Å². The van der Waals surface area contributed by atoms with Crippen molar-refractivity contribution in [2.75, 3.05) is 6.61 Å². The predicted molar refractivity (Wildman–Crippen MR) is 113 cm³/mol. The van der Waals surface area contributed by atoms with E-state index in [0.29, 0.717) is 12.0 Å². The van der Waals surface area contributed by atoms with E-state index in [2.05, 4.69) is 22.0 Å². The molecule has 0 fully saturated rings. The summed E-state index contributed by atoms with van der Waals surface area (Å²) in [7, 11) is -10.6. The molecule has 0 radical (unpaired) electrons. The maximum Gasteiger partial charge on any atom is 0.370 e. The Kier molecular flexibility index (Phi) is 9.79. The number of hydrogen-bond acceptors (Lipinski definition) is 3. The van der Waals surface area contributed by atoms with E-state index < -0.39 is 26.7 Å². The third kappa shape index (κ3) is 7.51. The number of rotatable bonds is 11. The lowest BCUT2D eigenvalue weighted by molar-refractivity contribution is 0.0299. The quantitative estimate of drug-likeness (QED) is 0.255. The third-order valence-corrected chi connectivity index (χ3v) is 8.90. The highest BCUT2D eigenvalue weighted by Gasteiger charge is 2.61. The molecule has 0 saturated heterocycles. The molecular formula is C18H29BrO7P2. The van der Waals surface area contributed by atoms with Gasteiger partial charge in [0.25, 0.3) is 5.08 Å². The van der Waals surface area contributed by atoms with Crippen molar-refractivity contribution < 1.29 is 33.4 Å². The largest absolute Gasteiger partial charge is 0.370 e. The highest BCUT2D eigenvalue weighted by atomic mass is 79.9. The van der Waals surface area contributed by atoms with Crippen molar-refractivity contribution in [1.82, 2.24) is 0 Å². The van der Waals surface area contributed by atoms with Crippen molar-refractivity contribution in [3.05, 3.63) is 46.0 Å². The van der Waals surface area contributed by atoms with Gasteiger partial charge in [0, 0.05) is 17.5 Å². The monoisotopic (exact) mass is 498 g/mol. The first-order chi connectivity index (χ1) is 12.8. The minimum atomic E-state index is -5.31. The first-order valence-electron chi connectivity index (χ1n) is 8.91. The summed E-state index contributed by atoms with van der Waals surface area (Å²) >= 11 is 3.25. The molecule has 0 unspecified atom stereocenters. The van der Waals surface area contributed by atoms with Crippen molar-refractivity contribution >= 4 is 31.1 Å². The second-order valence-corrected chi connectivity index (χ2v) is 12.1. The van der Waals surface area contributed by atoms with Gasteiger partial charge in [-0.1, -0.05) is 46.6 Å². The summed E-state index contributed by atoms with van der Waals surface area (Å²) in [5, 5.41) is -2.90. The van der Waals surface area contributed by atoms with Crippen LogP contribution in [0.3, 0.4) is 0 Å². The van der Waals surface area contributed by atoms with E-state index in [4.69, 9.17) is 4.74 Å². The topological polar surface area (TPSA) is 124 Å². The zero-order valence-corrected chi connectivity index (χ0v) is 19.7. The molecule has 7 nitrogen and oxygen atoms in total. The average molecular weight is 499 g/mol. The van der Waals surface area contributed by atoms with Gasteiger partial charge in [-0.25, -0.2) is 0 Å². The van der Waals surface area contributed by atoms with Gasteiger partial charge in [0.15, 0.2) is 0 Å². The van der Waals surface area contributed by atoms with Gasteiger partial charge in [-0.3, -0.25) is 9.13 Å². The summed E-state index contributed by atoms with van der Waals surface area (Å²) < 4.78 is 30.4. The highest BCUT2D eigenvalue weighted by Crippen LogP contribution is 2.70. The molecule has 0 aliphatic carbocycles. The molecule has 0 saturated carbocycles. The van der Waals surface area contributed by atoms with E-state index >= 15 is 0 Å². The molecule has 28 heavy (non-hydrogen) atoms. The number of hydrogen-bond donors (Lipinski definition) is 4. The van der Waals surface area contributed by atoms with Gasteiger partial charge >= 0.3 is 15.2 Å². The van der Waals surface area contributed by atoms with Crippen LogP contribution in [0.4, 0.5) is 0 Å². The molecule has 1 rings (SSSR count). The van der Waals surface area contributed by atoms with Gasteiger partial charge in [0.1, 0.15) is 0 Å². The maximum absolute atomic E-state index is 12.2. The van der Waals surface area contributed by atoms with Gasteiger partial charge in [-0.15, -0.1) is 0 Å². The molecule has 1 aromatic carbocycles. The van der Waals surface area contributed by atoms with E-state index in [1.165, 1.54) is 17.7 Å². The summed E-state index contributed by atoms with van der Waals surface area (Å²) in [6, 6.07) is 6.33. The van der Waals surface area contributed by atoms with E-state index in [1.807, 2.05) is 20.8 Å².